The lowest BCUT2D eigenvalue weighted by Crippen LogP contribution is -2.48. The summed E-state index contributed by atoms with van der Waals surface area (Å²) in [6.07, 6.45) is 0. The molecule has 0 bridgehead atoms. The first-order valence-corrected chi connectivity index (χ1v) is 9.43. The minimum Gasteiger partial charge on any atom is -0.385 e. The standard InChI is InChI=1S/C11H18N2OSSi/c1-13(2)11(9-12,14-16(3,4)5)10-7-6-8-15-10/h6-8H,1-5H3. The molecule has 0 aliphatic rings. The molecule has 0 saturated heterocycles. The average molecular weight is 254 g/mol. The molecule has 88 valence electrons. The van der Waals surface area contributed by atoms with Crippen molar-refractivity contribution in [2.24, 2.45) is 0 Å². The molecule has 1 rings (SSSR count). The molecule has 1 heterocycles. The molecule has 1 aromatic heterocycles. The van der Waals surface area contributed by atoms with Crippen LogP contribution < -0.4 is 0 Å². The SMILES string of the molecule is CN(C)C(C#N)(O[Si](C)(C)C)c1cccs1. The number of hydrogen-bond acceptors (Lipinski definition) is 4. The summed E-state index contributed by atoms with van der Waals surface area (Å²) in [7, 11) is 1.97. The van der Waals surface area contributed by atoms with Crippen LogP contribution in [0.4, 0.5) is 0 Å². The van der Waals surface area contributed by atoms with Gasteiger partial charge in [0, 0.05) is 0 Å². The van der Waals surface area contributed by atoms with Crippen molar-refractivity contribution in [3.63, 3.8) is 0 Å². The van der Waals surface area contributed by atoms with Gasteiger partial charge in [0.05, 0.1) is 4.88 Å². The van der Waals surface area contributed by atoms with E-state index in [2.05, 4.69) is 25.7 Å². The van der Waals surface area contributed by atoms with Gasteiger partial charge < -0.3 is 4.43 Å². The van der Waals surface area contributed by atoms with Gasteiger partial charge >= 0.3 is 0 Å². The predicted molar refractivity (Wildman–Crippen MR) is 69.7 cm³/mol. The number of nitriles is 1. The summed E-state index contributed by atoms with van der Waals surface area (Å²) in [5.74, 6) is 0. The van der Waals surface area contributed by atoms with Crippen LogP contribution in [0.1, 0.15) is 4.88 Å². The van der Waals surface area contributed by atoms with Gasteiger partial charge in [0.2, 0.25) is 5.72 Å². The first-order chi connectivity index (χ1) is 7.32. The lowest BCUT2D eigenvalue weighted by Gasteiger charge is -2.37. The lowest BCUT2D eigenvalue weighted by molar-refractivity contribution is -0.0146. The average Bonchev–Trinajstić information content (AvgIpc) is 2.65. The third-order valence-electron chi connectivity index (χ3n) is 2.09. The van der Waals surface area contributed by atoms with Crippen LogP contribution in [0.15, 0.2) is 17.5 Å². The Kier molecular flexibility index (Phi) is 3.91. The van der Waals surface area contributed by atoms with E-state index in [1.807, 2.05) is 36.5 Å². The van der Waals surface area contributed by atoms with Crippen LogP contribution in [0.2, 0.25) is 19.6 Å². The quantitative estimate of drug-likeness (QED) is 0.612. The van der Waals surface area contributed by atoms with E-state index in [0.29, 0.717) is 0 Å². The first-order valence-electron chi connectivity index (χ1n) is 5.15. The maximum Gasteiger partial charge on any atom is 0.237 e. The van der Waals surface area contributed by atoms with Gasteiger partial charge in [0.15, 0.2) is 8.32 Å². The third kappa shape index (κ3) is 2.71. The van der Waals surface area contributed by atoms with Crippen molar-refractivity contribution in [3.8, 4) is 6.07 Å². The largest absolute Gasteiger partial charge is 0.385 e. The fourth-order valence-electron chi connectivity index (χ4n) is 1.45. The Morgan fingerprint density at radius 2 is 2.06 bits per heavy atom. The van der Waals surface area contributed by atoms with Gasteiger partial charge in [-0.1, -0.05) is 6.07 Å². The Hall–Kier alpha value is -0.673. The number of hydrogen-bond donors (Lipinski definition) is 0. The molecule has 1 unspecified atom stereocenters. The summed E-state index contributed by atoms with van der Waals surface area (Å²) >= 11 is 1.56. The van der Waals surface area contributed by atoms with E-state index in [-0.39, 0.29) is 0 Å². The molecule has 0 radical (unpaired) electrons. The monoisotopic (exact) mass is 254 g/mol. The second kappa shape index (κ2) is 4.68. The van der Waals surface area contributed by atoms with Crippen molar-refractivity contribution in [2.45, 2.75) is 25.4 Å². The van der Waals surface area contributed by atoms with Gasteiger partial charge in [-0.15, -0.1) is 11.3 Å². The van der Waals surface area contributed by atoms with Crippen LogP contribution in [0.5, 0.6) is 0 Å². The summed E-state index contributed by atoms with van der Waals surface area (Å²) in [5, 5.41) is 11.5. The van der Waals surface area contributed by atoms with E-state index in [0.717, 1.165) is 4.88 Å². The topological polar surface area (TPSA) is 36.3 Å². The van der Waals surface area contributed by atoms with Crippen molar-refractivity contribution in [1.82, 2.24) is 4.90 Å². The molecule has 16 heavy (non-hydrogen) atoms. The molecule has 1 atom stereocenters. The predicted octanol–water partition coefficient (Wildman–Crippen LogP) is 2.84. The maximum absolute atomic E-state index is 9.49. The van der Waals surface area contributed by atoms with Crippen molar-refractivity contribution in [3.05, 3.63) is 22.4 Å². The fraction of sp³-hybridized carbons (Fsp3) is 0.545. The van der Waals surface area contributed by atoms with Gasteiger partial charge in [0.25, 0.3) is 0 Å². The second-order valence-electron chi connectivity index (χ2n) is 4.84. The number of rotatable bonds is 4. The van der Waals surface area contributed by atoms with E-state index in [1.54, 1.807) is 11.3 Å². The molecule has 0 amide bonds. The summed E-state index contributed by atoms with van der Waals surface area (Å²) in [5.41, 5.74) is -0.932. The highest BCUT2D eigenvalue weighted by Crippen LogP contribution is 2.33. The minimum absolute atomic E-state index is 0.932. The lowest BCUT2D eigenvalue weighted by atomic mass is 10.2. The van der Waals surface area contributed by atoms with Crippen LogP contribution in [-0.4, -0.2) is 27.3 Å². The highest BCUT2D eigenvalue weighted by molar-refractivity contribution is 7.10. The van der Waals surface area contributed by atoms with Gasteiger partial charge in [-0.3, -0.25) is 4.90 Å². The molecule has 0 spiro atoms. The summed E-state index contributed by atoms with van der Waals surface area (Å²) in [6, 6.07) is 6.22. The molecule has 0 aliphatic heterocycles. The highest BCUT2D eigenvalue weighted by Gasteiger charge is 2.41. The second-order valence-corrected chi connectivity index (χ2v) is 10.2. The van der Waals surface area contributed by atoms with Crippen LogP contribution >= 0.6 is 11.3 Å². The van der Waals surface area contributed by atoms with Crippen molar-refractivity contribution in [1.29, 1.82) is 5.26 Å². The molecule has 5 heteroatoms. The van der Waals surface area contributed by atoms with Crippen LogP contribution in [0.3, 0.4) is 0 Å². The number of thiophene rings is 1. The van der Waals surface area contributed by atoms with Gasteiger partial charge in [-0.2, -0.15) is 5.26 Å². The molecular formula is C11H18N2OSSi. The smallest absolute Gasteiger partial charge is 0.237 e. The molecule has 1 aromatic rings. The zero-order valence-electron chi connectivity index (χ0n) is 10.4. The van der Waals surface area contributed by atoms with Crippen LogP contribution in [0, 0.1) is 11.3 Å². The van der Waals surface area contributed by atoms with E-state index < -0.39 is 14.0 Å². The summed E-state index contributed by atoms with van der Waals surface area (Å²) in [4.78, 5) is 2.79. The highest BCUT2D eigenvalue weighted by atomic mass is 32.1. The first kappa shape index (κ1) is 13.4. The van der Waals surface area contributed by atoms with Crippen molar-refractivity contribution < 1.29 is 4.43 Å². The third-order valence-corrected chi connectivity index (χ3v) is 3.96. The molecular weight excluding hydrogens is 236 g/mol. The Balaban J connectivity index is 3.18. The van der Waals surface area contributed by atoms with E-state index in [9.17, 15) is 5.26 Å². The molecule has 0 aliphatic carbocycles. The van der Waals surface area contributed by atoms with E-state index in [4.69, 9.17) is 4.43 Å². The zero-order valence-corrected chi connectivity index (χ0v) is 12.3. The molecule has 0 saturated carbocycles. The van der Waals surface area contributed by atoms with E-state index in [1.165, 1.54) is 0 Å². The zero-order chi connectivity index (χ0) is 12.4. The molecule has 0 fully saturated rings. The van der Waals surface area contributed by atoms with Crippen molar-refractivity contribution in [2.75, 3.05) is 14.1 Å². The normalized spacial score (nSPS) is 15.8. The fourth-order valence-corrected chi connectivity index (χ4v) is 3.64. The van der Waals surface area contributed by atoms with Gasteiger partial charge in [0.1, 0.15) is 6.07 Å². The molecule has 0 aromatic carbocycles. The van der Waals surface area contributed by atoms with Gasteiger partial charge in [-0.25, -0.2) is 0 Å². The Bertz CT molecular complexity index is 378. The van der Waals surface area contributed by atoms with Crippen LogP contribution in [-0.2, 0) is 10.2 Å². The maximum atomic E-state index is 9.49. The Labute approximate surface area is 102 Å². The summed E-state index contributed by atoms with van der Waals surface area (Å²) < 4.78 is 6.09. The Morgan fingerprint density at radius 3 is 2.38 bits per heavy atom. The van der Waals surface area contributed by atoms with Crippen LogP contribution in [0.25, 0.3) is 0 Å². The number of nitrogens with zero attached hydrogens (tertiary/aromatic N) is 2. The Morgan fingerprint density at radius 1 is 1.44 bits per heavy atom. The summed E-state index contributed by atoms with van der Waals surface area (Å²) in [6.45, 7) is 6.28. The molecule has 3 nitrogen and oxygen atoms in total. The van der Waals surface area contributed by atoms with Gasteiger partial charge in [-0.05, 0) is 45.2 Å². The van der Waals surface area contributed by atoms with E-state index >= 15 is 0 Å². The molecule has 0 N–H and O–H groups in total. The van der Waals surface area contributed by atoms with Crippen molar-refractivity contribution >= 4 is 19.7 Å². The minimum atomic E-state index is -1.79.